The maximum absolute atomic E-state index is 12.3. The summed E-state index contributed by atoms with van der Waals surface area (Å²) < 4.78 is 0. The van der Waals surface area contributed by atoms with E-state index in [1.165, 1.54) is 0 Å². The van der Waals surface area contributed by atoms with Crippen LogP contribution >= 0.6 is 0 Å². The highest BCUT2D eigenvalue weighted by Gasteiger charge is 2.24. The zero-order valence-electron chi connectivity index (χ0n) is 14.3. The summed E-state index contributed by atoms with van der Waals surface area (Å²) in [5.41, 5.74) is 3.82. The Bertz CT molecular complexity index is 305. The average Bonchev–Trinajstić information content (AvgIpc) is 2.38. The molecule has 0 saturated carbocycles. The van der Waals surface area contributed by atoms with Gasteiger partial charge < -0.3 is 35.9 Å². The lowest BCUT2D eigenvalue weighted by molar-refractivity contribution is -0.368. The van der Waals surface area contributed by atoms with Crippen LogP contribution in [0.3, 0.4) is 0 Å². The van der Waals surface area contributed by atoms with Crippen molar-refractivity contribution in [2.75, 3.05) is 31.9 Å². The molecule has 0 radical (unpaired) electrons. The van der Waals surface area contributed by atoms with Crippen molar-refractivity contribution in [1.29, 1.82) is 0 Å². The topological polar surface area (TPSA) is 73.8 Å². The fourth-order valence-electron chi connectivity index (χ4n) is 2.20. The Hall–Kier alpha value is 0.190. The van der Waals surface area contributed by atoms with E-state index in [-0.39, 0.29) is 48.3 Å². The Morgan fingerprint density at radius 1 is 1.14 bits per heavy atom. The highest BCUT2D eigenvalue weighted by atomic mass is 35.5. The Kier molecular flexibility index (Phi) is 19.8. The van der Waals surface area contributed by atoms with Crippen molar-refractivity contribution < 1.29 is 40.1 Å². The van der Waals surface area contributed by atoms with E-state index in [4.69, 9.17) is 0 Å². The summed E-state index contributed by atoms with van der Waals surface area (Å²) >= 11 is 0. The first kappa shape index (κ1) is 27.1. The second kappa shape index (κ2) is 16.1. The van der Waals surface area contributed by atoms with Gasteiger partial charge in [-0.05, 0) is 44.1 Å². The Balaban J connectivity index is -0.00000180. The molecule has 7 heteroatoms. The van der Waals surface area contributed by atoms with Crippen LogP contribution < -0.4 is 35.9 Å². The minimum atomic E-state index is -0.107. The summed E-state index contributed by atoms with van der Waals surface area (Å²) in [7, 11) is 2.15. The van der Waals surface area contributed by atoms with Crippen LogP contribution in [0.2, 0.25) is 0 Å². The monoisotopic (exact) mass is 374 g/mol. The van der Waals surface area contributed by atoms with Gasteiger partial charge in [-0.15, -0.1) is 0 Å². The van der Waals surface area contributed by atoms with Crippen molar-refractivity contribution in [3.05, 3.63) is 0 Å². The molecule has 0 rings (SSSR count). The minimum absolute atomic E-state index is 0. The number of ketones is 2. The van der Waals surface area contributed by atoms with Crippen LogP contribution in [-0.2, 0) is 20.5 Å². The molecule has 0 heterocycles. The number of hydrogen-bond donors (Lipinski definition) is 2. The number of halogens is 2. The molecule has 4 nitrogen and oxygen atoms in total. The standard InChI is InChI=1S/C15H31N2O2S.2ClH/c1-12(18)13(8-10-20(3)4)11-15(19)14(17-2)7-5-6-9-16;;/h13-14,17H,5-11,16H2,1-4H3;2*1H/q+1;;/p-1/t13-,14+;;/m1../s1. The lowest BCUT2D eigenvalue weighted by Gasteiger charge is -2.18. The van der Waals surface area contributed by atoms with E-state index in [0.717, 1.165) is 38.0 Å². The van der Waals surface area contributed by atoms with E-state index in [2.05, 4.69) is 23.6 Å². The quantitative estimate of drug-likeness (QED) is 0.264. The third-order valence-electron chi connectivity index (χ3n) is 3.63. The number of quaternary nitrogens is 1. The Labute approximate surface area is 150 Å². The first-order valence-corrected chi connectivity index (χ1v) is 9.67. The molecule has 0 spiro atoms. The predicted molar refractivity (Wildman–Crippen MR) is 86.9 cm³/mol. The van der Waals surface area contributed by atoms with Gasteiger partial charge in [0.25, 0.3) is 0 Å². The lowest BCUT2D eigenvalue weighted by atomic mass is 9.91. The number of unbranched alkanes of at least 4 members (excludes halogenated alkanes) is 1. The maximum Gasteiger partial charge on any atom is 0.150 e. The molecule has 0 aromatic rings. The molecular formula is C15H32Cl2N2O2S. The minimum Gasteiger partial charge on any atom is -1.00 e. The van der Waals surface area contributed by atoms with Crippen LogP contribution in [-0.4, -0.2) is 49.5 Å². The molecule has 2 atom stereocenters. The summed E-state index contributed by atoms with van der Waals surface area (Å²) in [6.07, 6.45) is 8.49. The largest absolute Gasteiger partial charge is 1.00 e. The van der Waals surface area contributed by atoms with Gasteiger partial charge in [0, 0.05) is 18.8 Å². The number of Topliss-reactive ketones (excluding diaryl/α,β-unsaturated/α-hetero) is 2. The average molecular weight is 375 g/mol. The first-order chi connectivity index (χ1) is 9.42. The smallest absolute Gasteiger partial charge is 0.150 e. The van der Waals surface area contributed by atoms with Crippen molar-refractivity contribution in [2.24, 2.45) is 5.92 Å². The molecule has 134 valence electrons. The molecule has 0 aliphatic heterocycles. The van der Waals surface area contributed by atoms with Crippen LogP contribution in [0, 0.1) is 5.92 Å². The van der Waals surface area contributed by atoms with E-state index in [9.17, 15) is 9.59 Å². The second-order valence-electron chi connectivity index (χ2n) is 5.65. The number of rotatable bonds is 12. The van der Waals surface area contributed by atoms with Crippen molar-refractivity contribution in [1.82, 2.24) is 5.32 Å². The number of likely N-dealkylation sites (N-methyl/N-ethyl adjacent to an activating group) is 1. The van der Waals surface area contributed by atoms with Gasteiger partial charge in [-0.1, -0.05) is 0 Å². The summed E-state index contributed by atoms with van der Waals surface area (Å²) in [4.78, 5) is 24.0. The summed E-state index contributed by atoms with van der Waals surface area (Å²) in [5.74, 6) is 1.27. The third-order valence-corrected chi connectivity index (χ3v) is 4.68. The molecule has 0 saturated heterocycles. The van der Waals surface area contributed by atoms with Gasteiger partial charge in [0.2, 0.25) is 0 Å². The second-order valence-corrected chi connectivity index (χ2v) is 8.03. The number of nitrogens with one attached hydrogen (secondary N) is 1. The molecule has 0 bridgehead atoms. The van der Waals surface area contributed by atoms with E-state index in [1.807, 2.05) is 7.05 Å². The van der Waals surface area contributed by atoms with Gasteiger partial charge in [0.15, 0.2) is 0 Å². The fourth-order valence-corrected chi connectivity index (χ4v) is 2.96. The van der Waals surface area contributed by atoms with Gasteiger partial charge in [-0.3, -0.25) is 9.59 Å². The predicted octanol–water partition coefficient (Wildman–Crippen LogP) is -5.57. The normalized spacial score (nSPS) is 13.0. The third kappa shape index (κ3) is 12.7. The zero-order chi connectivity index (χ0) is 15.5. The Morgan fingerprint density at radius 2 is 1.73 bits per heavy atom. The molecule has 0 amide bonds. The molecule has 0 aromatic carbocycles. The molecule has 22 heavy (non-hydrogen) atoms. The highest BCUT2D eigenvalue weighted by Crippen LogP contribution is 2.15. The van der Waals surface area contributed by atoms with Crippen LogP contribution in [0.25, 0.3) is 0 Å². The highest BCUT2D eigenvalue weighted by molar-refractivity contribution is 7.95. The van der Waals surface area contributed by atoms with Crippen LogP contribution in [0.4, 0.5) is 0 Å². The molecular weight excluding hydrogens is 343 g/mol. The van der Waals surface area contributed by atoms with Crippen molar-refractivity contribution >= 4 is 22.5 Å². The van der Waals surface area contributed by atoms with Crippen LogP contribution in [0.5, 0.6) is 0 Å². The number of hydrogen-bond acceptors (Lipinski definition) is 3. The van der Waals surface area contributed by atoms with Gasteiger partial charge >= 0.3 is 0 Å². The number of carbonyl (C=O) groups excluding carboxylic acids is 2. The molecule has 0 aliphatic carbocycles. The summed E-state index contributed by atoms with van der Waals surface area (Å²) in [5, 5.41) is 3.09. The van der Waals surface area contributed by atoms with Crippen molar-refractivity contribution in [3.8, 4) is 0 Å². The van der Waals surface area contributed by atoms with E-state index >= 15 is 0 Å². The Morgan fingerprint density at radius 3 is 2.14 bits per heavy atom. The van der Waals surface area contributed by atoms with Gasteiger partial charge in [0.1, 0.15) is 17.3 Å². The van der Waals surface area contributed by atoms with Crippen LogP contribution in [0.15, 0.2) is 0 Å². The van der Waals surface area contributed by atoms with E-state index in [0.29, 0.717) is 17.3 Å². The van der Waals surface area contributed by atoms with Gasteiger partial charge in [-0.2, -0.15) is 0 Å². The van der Waals surface area contributed by atoms with Crippen molar-refractivity contribution in [2.45, 2.75) is 45.1 Å². The molecule has 0 unspecified atom stereocenters. The van der Waals surface area contributed by atoms with Crippen molar-refractivity contribution in [3.63, 3.8) is 0 Å². The van der Waals surface area contributed by atoms with Crippen LogP contribution in [0.1, 0.15) is 39.0 Å². The molecule has 4 N–H and O–H groups in total. The summed E-state index contributed by atoms with van der Waals surface area (Å²) in [6, 6.07) is -0.107. The molecule has 0 aromatic heterocycles. The molecule has 0 fully saturated rings. The first-order valence-electron chi connectivity index (χ1n) is 7.46. The molecule has 0 aliphatic rings. The zero-order valence-corrected chi connectivity index (χ0v) is 16.6. The van der Waals surface area contributed by atoms with E-state index < -0.39 is 0 Å². The van der Waals surface area contributed by atoms with E-state index in [1.54, 1.807) is 6.92 Å². The number of carbonyl (C=O) groups is 2. The van der Waals surface area contributed by atoms with Gasteiger partial charge in [-0.25, -0.2) is 0 Å². The maximum atomic E-state index is 12.3. The lowest BCUT2D eigenvalue weighted by Crippen LogP contribution is -3.00. The SMILES string of the molecule is CN[C@@H](CCCC[NH3+])C(=O)C[C@@H](CC[S+](C)C)C(C)=O.[Cl-].[Cl-]. The van der Waals surface area contributed by atoms with Gasteiger partial charge in [0.05, 0.1) is 25.1 Å². The fraction of sp³-hybridized carbons (Fsp3) is 0.867. The summed E-state index contributed by atoms with van der Waals surface area (Å²) in [6.45, 7) is 2.52.